The molecule has 7 heteroatoms. The molecule has 0 saturated heterocycles. The zero-order valence-electron chi connectivity index (χ0n) is 20.8. The van der Waals surface area contributed by atoms with E-state index in [9.17, 15) is 5.11 Å². The van der Waals surface area contributed by atoms with E-state index in [0.29, 0.717) is 12.2 Å². The first-order chi connectivity index (χ1) is 16.3. The van der Waals surface area contributed by atoms with Gasteiger partial charge in [-0.05, 0) is 93.3 Å². The summed E-state index contributed by atoms with van der Waals surface area (Å²) in [6, 6.07) is 8.04. The second-order valence-corrected chi connectivity index (χ2v) is 9.92. The van der Waals surface area contributed by atoms with Crippen LogP contribution in [-0.4, -0.2) is 32.8 Å². The van der Waals surface area contributed by atoms with Gasteiger partial charge in [0, 0.05) is 29.8 Å². The van der Waals surface area contributed by atoms with Gasteiger partial charge in [-0.1, -0.05) is 18.2 Å². The van der Waals surface area contributed by atoms with Gasteiger partial charge in [0.25, 0.3) is 0 Å². The summed E-state index contributed by atoms with van der Waals surface area (Å²) in [4.78, 5) is 10.6. The van der Waals surface area contributed by atoms with Crippen LogP contribution in [0.4, 0.5) is 5.82 Å². The SMILES string of the molecule is Cc1c(C)c(C)c(SNCCCCn2c(CCO)nc3c(N)nc4ccccc4c32)c(C)c1C. The number of hydrogen-bond donors (Lipinski definition) is 3. The molecule has 180 valence electrons. The number of nitrogens with zero attached hydrogens (tertiary/aromatic N) is 3. The fourth-order valence-corrected chi connectivity index (χ4v) is 5.65. The van der Waals surface area contributed by atoms with E-state index in [1.54, 1.807) is 11.9 Å². The molecule has 0 bridgehead atoms. The first-order valence-electron chi connectivity index (χ1n) is 12.0. The van der Waals surface area contributed by atoms with Crippen molar-refractivity contribution in [3.63, 3.8) is 0 Å². The predicted molar refractivity (Wildman–Crippen MR) is 143 cm³/mol. The molecule has 2 heterocycles. The van der Waals surface area contributed by atoms with Crippen LogP contribution in [0.3, 0.4) is 0 Å². The molecule has 2 aromatic carbocycles. The molecule has 4 rings (SSSR count). The van der Waals surface area contributed by atoms with Crippen LogP contribution >= 0.6 is 11.9 Å². The number of nitrogens with two attached hydrogens (primary N) is 1. The second-order valence-electron chi connectivity index (χ2n) is 9.02. The highest BCUT2D eigenvalue weighted by Crippen LogP contribution is 2.32. The summed E-state index contributed by atoms with van der Waals surface area (Å²) in [5, 5.41) is 10.6. The number of anilines is 1. The summed E-state index contributed by atoms with van der Waals surface area (Å²) in [6.07, 6.45) is 2.53. The van der Waals surface area contributed by atoms with Crippen LogP contribution in [0.25, 0.3) is 21.9 Å². The molecule has 0 aliphatic carbocycles. The van der Waals surface area contributed by atoms with Crippen LogP contribution in [-0.2, 0) is 13.0 Å². The van der Waals surface area contributed by atoms with Crippen molar-refractivity contribution in [1.82, 2.24) is 19.3 Å². The number of unbranched alkanes of at least 4 members (excludes halogenated alkanes) is 1. The summed E-state index contributed by atoms with van der Waals surface area (Å²) in [5.41, 5.74) is 15.8. The van der Waals surface area contributed by atoms with Crippen LogP contribution in [0.2, 0.25) is 0 Å². The maximum absolute atomic E-state index is 9.59. The number of aliphatic hydroxyl groups is 1. The van der Waals surface area contributed by atoms with Gasteiger partial charge < -0.3 is 15.4 Å². The molecule has 0 aliphatic heterocycles. The molecule has 4 aromatic rings. The number of hydrogen-bond acceptors (Lipinski definition) is 6. The Hall–Kier alpha value is -2.61. The van der Waals surface area contributed by atoms with Gasteiger partial charge in [-0.3, -0.25) is 4.72 Å². The minimum absolute atomic E-state index is 0.0564. The molecule has 0 atom stereocenters. The van der Waals surface area contributed by atoms with Crippen LogP contribution in [0.15, 0.2) is 29.2 Å². The second kappa shape index (κ2) is 10.3. The average Bonchev–Trinajstić information content (AvgIpc) is 3.20. The van der Waals surface area contributed by atoms with Crippen molar-refractivity contribution in [1.29, 1.82) is 0 Å². The molecular weight excluding hydrogens is 442 g/mol. The molecule has 34 heavy (non-hydrogen) atoms. The Balaban J connectivity index is 1.46. The molecule has 0 saturated carbocycles. The lowest BCUT2D eigenvalue weighted by Gasteiger charge is -2.18. The topological polar surface area (TPSA) is 89.0 Å². The van der Waals surface area contributed by atoms with Gasteiger partial charge in [-0.15, -0.1) is 0 Å². The first-order valence-corrected chi connectivity index (χ1v) is 12.8. The number of rotatable bonds is 9. The normalized spacial score (nSPS) is 11.7. The maximum Gasteiger partial charge on any atom is 0.152 e. The van der Waals surface area contributed by atoms with Gasteiger partial charge in [0.1, 0.15) is 11.3 Å². The highest BCUT2D eigenvalue weighted by Gasteiger charge is 2.17. The molecule has 0 amide bonds. The van der Waals surface area contributed by atoms with E-state index in [2.05, 4.69) is 55.0 Å². The highest BCUT2D eigenvalue weighted by molar-refractivity contribution is 7.97. The third kappa shape index (κ3) is 4.52. The quantitative estimate of drug-likeness (QED) is 0.223. The van der Waals surface area contributed by atoms with Gasteiger partial charge >= 0.3 is 0 Å². The van der Waals surface area contributed by atoms with Crippen LogP contribution < -0.4 is 10.5 Å². The fraction of sp³-hybridized carbons (Fsp3) is 0.407. The summed E-state index contributed by atoms with van der Waals surface area (Å²) in [6.45, 7) is 12.9. The number of pyridine rings is 1. The van der Waals surface area contributed by atoms with Gasteiger partial charge in [0.05, 0.1) is 17.6 Å². The minimum Gasteiger partial charge on any atom is -0.396 e. The van der Waals surface area contributed by atoms with Crippen molar-refractivity contribution < 1.29 is 5.11 Å². The van der Waals surface area contributed by atoms with E-state index < -0.39 is 0 Å². The van der Waals surface area contributed by atoms with Gasteiger partial charge in [-0.25, -0.2) is 9.97 Å². The smallest absolute Gasteiger partial charge is 0.152 e. The van der Waals surface area contributed by atoms with E-state index in [0.717, 1.165) is 53.7 Å². The van der Waals surface area contributed by atoms with E-state index in [-0.39, 0.29) is 6.61 Å². The van der Waals surface area contributed by atoms with E-state index in [1.165, 1.54) is 32.7 Å². The Kier molecular flexibility index (Phi) is 7.45. The first kappa shape index (κ1) is 24.5. The highest BCUT2D eigenvalue weighted by atomic mass is 32.2. The summed E-state index contributed by atoms with van der Waals surface area (Å²) < 4.78 is 5.80. The number of aliphatic hydroxyl groups excluding tert-OH is 1. The fourth-order valence-electron chi connectivity index (χ4n) is 4.65. The molecule has 0 aliphatic rings. The zero-order chi connectivity index (χ0) is 24.4. The molecule has 4 N–H and O–H groups in total. The molecular formula is C27H35N5OS. The number of fused-ring (bicyclic) bond motifs is 3. The number of imidazole rings is 1. The largest absolute Gasteiger partial charge is 0.396 e. The summed E-state index contributed by atoms with van der Waals surface area (Å²) in [7, 11) is 0. The third-order valence-corrected chi connectivity index (χ3v) is 8.21. The average molecular weight is 478 g/mol. The number of nitrogens with one attached hydrogen (secondary N) is 1. The minimum atomic E-state index is 0.0564. The molecule has 2 aromatic heterocycles. The van der Waals surface area contributed by atoms with Crippen molar-refractivity contribution in [2.24, 2.45) is 0 Å². The van der Waals surface area contributed by atoms with Crippen LogP contribution in [0, 0.1) is 34.6 Å². The van der Waals surface area contributed by atoms with Crippen molar-refractivity contribution in [3.8, 4) is 0 Å². The van der Waals surface area contributed by atoms with Crippen molar-refractivity contribution >= 4 is 39.7 Å². The van der Waals surface area contributed by atoms with E-state index in [4.69, 9.17) is 10.7 Å². The Labute approximate surface area is 206 Å². The summed E-state index contributed by atoms with van der Waals surface area (Å²) in [5.74, 6) is 1.31. The molecule has 0 fully saturated rings. The van der Waals surface area contributed by atoms with Crippen LogP contribution in [0.5, 0.6) is 0 Å². The molecule has 6 nitrogen and oxygen atoms in total. The Bertz CT molecular complexity index is 1320. The number of benzene rings is 2. The lowest BCUT2D eigenvalue weighted by Crippen LogP contribution is -2.11. The van der Waals surface area contributed by atoms with Crippen molar-refractivity contribution in [2.75, 3.05) is 18.9 Å². The summed E-state index contributed by atoms with van der Waals surface area (Å²) >= 11 is 1.75. The zero-order valence-corrected chi connectivity index (χ0v) is 21.6. The van der Waals surface area contributed by atoms with E-state index >= 15 is 0 Å². The van der Waals surface area contributed by atoms with Gasteiger partial charge in [0.2, 0.25) is 0 Å². The van der Waals surface area contributed by atoms with Gasteiger partial charge in [0.15, 0.2) is 5.82 Å². The lowest BCUT2D eigenvalue weighted by atomic mass is 9.95. The molecule has 0 spiro atoms. The standard InChI is InChI=1S/C27H35N5OS/c1-16-17(2)19(4)26(20(5)18(16)3)34-29-13-8-9-14-32-23(12-15-33)31-24-25(32)21-10-6-7-11-22(21)30-27(24)28/h6-7,10-11,29,33H,8-9,12-15H2,1-5H3,(H2,28,30). The Morgan fingerprint density at radius 1 is 0.941 bits per heavy atom. The lowest BCUT2D eigenvalue weighted by molar-refractivity contribution is 0.294. The predicted octanol–water partition coefficient (Wildman–Crippen LogP) is 5.32. The molecule has 0 radical (unpaired) electrons. The number of nitrogen functional groups attached to an aromatic ring is 1. The Morgan fingerprint density at radius 3 is 2.32 bits per heavy atom. The van der Waals surface area contributed by atoms with Gasteiger partial charge in [-0.2, -0.15) is 0 Å². The number of para-hydroxylation sites is 1. The van der Waals surface area contributed by atoms with Crippen LogP contribution in [0.1, 0.15) is 46.5 Å². The monoisotopic (exact) mass is 477 g/mol. The van der Waals surface area contributed by atoms with Crippen molar-refractivity contribution in [3.05, 3.63) is 57.9 Å². The number of aromatic nitrogens is 3. The number of aryl methyl sites for hydroxylation is 1. The third-order valence-electron chi connectivity index (χ3n) is 7.04. The Morgan fingerprint density at radius 2 is 1.62 bits per heavy atom. The molecule has 0 unspecified atom stereocenters. The maximum atomic E-state index is 9.59. The van der Waals surface area contributed by atoms with Crippen molar-refractivity contribution in [2.45, 2.75) is 65.3 Å². The van der Waals surface area contributed by atoms with E-state index in [1.807, 2.05) is 18.2 Å².